The van der Waals surface area contributed by atoms with Crippen molar-refractivity contribution in [3.63, 3.8) is 0 Å². The lowest BCUT2D eigenvalue weighted by atomic mass is 10.0. The average Bonchev–Trinajstić information content (AvgIpc) is 2.74. The molecule has 1 atom stereocenters. The van der Waals surface area contributed by atoms with Crippen LogP contribution in [0.4, 0.5) is 0 Å². The topological polar surface area (TPSA) is 42.7 Å². The molecular formula is C12H15ClN4. The third-order valence-corrected chi connectivity index (χ3v) is 2.88. The smallest absolute Gasteiger partial charge is 0.104 e. The van der Waals surface area contributed by atoms with Crippen LogP contribution in [0.2, 0.25) is 5.02 Å². The number of halogens is 1. The molecule has 1 unspecified atom stereocenters. The third kappa shape index (κ3) is 2.65. The van der Waals surface area contributed by atoms with E-state index in [9.17, 15) is 0 Å². The number of nitrogens with one attached hydrogen (secondary N) is 1. The maximum atomic E-state index is 6.22. The normalized spacial score (nSPS) is 12.6. The second-order valence-electron chi connectivity index (χ2n) is 3.77. The molecule has 2 rings (SSSR count). The van der Waals surface area contributed by atoms with Gasteiger partial charge in [-0.1, -0.05) is 36.7 Å². The lowest BCUT2D eigenvalue weighted by molar-refractivity contribution is 0.587. The van der Waals surface area contributed by atoms with Crippen molar-refractivity contribution in [2.75, 3.05) is 6.54 Å². The zero-order chi connectivity index (χ0) is 12.3. The molecule has 0 aliphatic heterocycles. The molecule has 5 heteroatoms. The Morgan fingerprint density at radius 1 is 1.41 bits per heavy atom. The van der Waals surface area contributed by atoms with Crippen molar-refractivity contribution in [3.8, 4) is 0 Å². The van der Waals surface area contributed by atoms with E-state index in [0.29, 0.717) is 0 Å². The first-order valence-corrected chi connectivity index (χ1v) is 5.94. The van der Waals surface area contributed by atoms with E-state index in [0.717, 1.165) is 22.8 Å². The molecule has 0 spiro atoms. The minimum absolute atomic E-state index is 0.0117. The summed E-state index contributed by atoms with van der Waals surface area (Å²) >= 11 is 6.22. The van der Waals surface area contributed by atoms with Crippen LogP contribution in [0.5, 0.6) is 0 Å². The fourth-order valence-electron chi connectivity index (χ4n) is 1.78. The average molecular weight is 251 g/mol. The molecule has 0 saturated carbocycles. The van der Waals surface area contributed by atoms with Gasteiger partial charge in [0, 0.05) is 12.1 Å². The highest BCUT2D eigenvalue weighted by atomic mass is 35.5. The number of aromatic nitrogens is 3. The van der Waals surface area contributed by atoms with Gasteiger partial charge in [0.05, 0.1) is 12.2 Å². The number of hydrogen-bond donors (Lipinski definition) is 1. The Hall–Kier alpha value is -1.39. The second kappa shape index (κ2) is 5.29. The predicted molar refractivity (Wildman–Crippen MR) is 68.0 cm³/mol. The number of aryl methyl sites for hydroxylation is 1. The van der Waals surface area contributed by atoms with Crippen molar-refractivity contribution in [2.24, 2.45) is 7.05 Å². The monoisotopic (exact) mass is 250 g/mol. The van der Waals surface area contributed by atoms with Gasteiger partial charge in [0.25, 0.3) is 0 Å². The SMILES string of the molecule is CCNC(c1cnn(C)n1)c1ccccc1Cl. The van der Waals surface area contributed by atoms with Crippen LogP contribution in [0, 0.1) is 0 Å². The molecule has 0 aliphatic carbocycles. The molecule has 0 aliphatic rings. The van der Waals surface area contributed by atoms with Gasteiger partial charge in [-0.2, -0.15) is 15.0 Å². The van der Waals surface area contributed by atoms with Crippen molar-refractivity contribution in [3.05, 3.63) is 46.7 Å². The lowest BCUT2D eigenvalue weighted by Gasteiger charge is -2.16. The Morgan fingerprint density at radius 3 is 2.76 bits per heavy atom. The Labute approximate surface area is 106 Å². The Morgan fingerprint density at radius 2 is 2.18 bits per heavy atom. The maximum Gasteiger partial charge on any atom is 0.104 e. The summed E-state index contributed by atoms with van der Waals surface area (Å²) in [6.45, 7) is 2.90. The standard InChI is InChI=1S/C12H15ClN4/c1-3-14-12(11-8-15-17(2)16-11)9-6-4-5-7-10(9)13/h4-8,12,14H,3H2,1-2H3. The van der Waals surface area contributed by atoms with Crippen molar-refractivity contribution >= 4 is 11.6 Å². The third-order valence-electron chi connectivity index (χ3n) is 2.54. The molecule has 1 aromatic heterocycles. The molecule has 0 radical (unpaired) electrons. The van der Waals surface area contributed by atoms with E-state index in [1.807, 2.05) is 24.3 Å². The first-order chi connectivity index (χ1) is 8.22. The zero-order valence-corrected chi connectivity index (χ0v) is 10.6. The highest BCUT2D eigenvalue weighted by molar-refractivity contribution is 6.31. The van der Waals surface area contributed by atoms with E-state index in [1.165, 1.54) is 0 Å². The summed E-state index contributed by atoms with van der Waals surface area (Å²) in [5.41, 5.74) is 1.90. The van der Waals surface area contributed by atoms with E-state index in [1.54, 1.807) is 18.0 Å². The van der Waals surface area contributed by atoms with Crippen LogP contribution in [-0.2, 0) is 7.05 Å². The summed E-state index contributed by atoms with van der Waals surface area (Å²) in [5.74, 6) is 0. The summed E-state index contributed by atoms with van der Waals surface area (Å²) < 4.78 is 0. The van der Waals surface area contributed by atoms with Crippen LogP contribution in [0.3, 0.4) is 0 Å². The molecule has 0 saturated heterocycles. The summed E-state index contributed by atoms with van der Waals surface area (Å²) in [7, 11) is 1.80. The van der Waals surface area contributed by atoms with Crippen molar-refractivity contribution in [1.29, 1.82) is 0 Å². The van der Waals surface area contributed by atoms with Crippen molar-refractivity contribution < 1.29 is 0 Å². The Kier molecular flexibility index (Phi) is 3.76. The number of hydrogen-bond acceptors (Lipinski definition) is 3. The van der Waals surface area contributed by atoms with Gasteiger partial charge in [-0.25, -0.2) is 0 Å². The zero-order valence-electron chi connectivity index (χ0n) is 9.89. The largest absolute Gasteiger partial charge is 0.305 e. The van der Waals surface area contributed by atoms with Gasteiger partial charge < -0.3 is 5.32 Å². The van der Waals surface area contributed by atoms with Gasteiger partial charge in [0.1, 0.15) is 5.69 Å². The molecule has 4 nitrogen and oxygen atoms in total. The van der Waals surface area contributed by atoms with Crippen LogP contribution < -0.4 is 5.32 Å². The van der Waals surface area contributed by atoms with E-state index in [2.05, 4.69) is 22.4 Å². The molecule has 0 bridgehead atoms. The van der Waals surface area contributed by atoms with E-state index >= 15 is 0 Å². The van der Waals surface area contributed by atoms with Crippen LogP contribution in [0.1, 0.15) is 24.2 Å². The molecule has 0 amide bonds. The summed E-state index contributed by atoms with van der Waals surface area (Å²) in [6, 6.07) is 7.78. The number of nitrogens with zero attached hydrogens (tertiary/aromatic N) is 3. The maximum absolute atomic E-state index is 6.22. The van der Waals surface area contributed by atoms with E-state index in [-0.39, 0.29) is 6.04 Å². The van der Waals surface area contributed by atoms with Crippen LogP contribution in [0.15, 0.2) is 30.5 Å². The summed E-state index contributed by atoms with van der Waals surface area (Å²) in [5, 5.41) is 12.5. The van der Waals surface area contributed by atoms with Gasteiger partial charge in [-0.15, -0.1) is 0 Å². The first-order valence-electron chi connectivity index (χ1n) is 5.56. The summed E-state index contributed by atoms with van der Waals surface area (Å²) in [6.07, 6.45) is 1.76. The van der Waals surface area contributed by atoms with Crippen molar-refractivity contribution in [2.45, 2.75) is 13.0 Å². The molecule has 2 aromatic rings. The molecule has 1 aromatic carbocycles. The summed E-state index contributed by atoms with van der Waals surface area (Å²) in [4.78, 5) is 1.55. The van der Waals surface area contributed by atoms with Crippen LogP contribution in [0.25, 0.3) is 0 Å². The highest BCUT2D eigenvalue weighted by Gasteiger charge is 2.18. The van der Waals surface area contributed by atoms with Crippen LogP contribution in [-0.4, -0.2) is 21.5 Å². The molecule has 1 heterocycles. The fraction of sp³-hybridized carbons (Fsp3) is 0.333. The van der Waals surface area contributed by atoms with Crippen molar-refractivity contribution in [1.82, 2.24) is 20.3 Å². The van der Waals surface area contributed by atoms with E-state index in [4.69, 9.17) is 11.6 Å². The second-order valence-corrected chi connectivity index (χ2v) is 4.18. The van der Waals surface area contributed by atoms with E-state index < -0.39 is 0 Å². The minimum atomic E-state index is -0.0117. The van der Waals surface area contributed by atoms with Gasteiger partial charge in [-0.05, 0) is 18.2 Å². The van der Waals surface area contributed by atoms with Gasteiger partial charge in [0.15, 0.2) is 0 Å². The minimum Gasteiger partial charge on any atom is -0.305 e. The lowest BCUT2D eigenvalue weighted by Crippen LogP contribution is -2.22. The van der Waals surface area contributed by atoms with Crippen LogP contribution >= 0.6 is 11.6 Å². The first kappa shape index (κ1) is 12.1. The predicted octanol–water partition coefficient (Wildman–Crippen LogP) is 2.17. The highest BCUT2D eigenvalue weighted by Crippen LogP contribution is 2.26. The molecule has 90 valence electrons. The molecule has 1 N–H and O–H groups in total. The number of rotatable bonds is 4. The van der Waals surface area contributed by atoms with Gasteiger partial charge in [0.2, 0.25) is 0 Å². The molecule has 0 fully saturated rings. The Bertz CT molecular complexity index is 495. The Balaban J connectivity index is 2.39. The molecule has 17 heavy (non-hydrogen) atoms. The fourth-order valence-corrected chi connectivity index (χ4v) is 2.03. The molecular weight excluding hydrogens is 236 g/mol. The number of benzene rings is 1. The van der Waals surface area contributed by atoms with Gasteiger partial charge >= 0.3 is 0 Å². The van der Waals surface area contributed by atoms with Gasteiger partial charge in [-0.3, -0.25) is 0 Å². The quantitative estimate of drug-likeness (QED) is 0.904.